The van der Waals surface area contributed by atoms with Crippen LogP contribution in [0, 0.1) is 0 Å². The van der Waals surface area contributed by atoms with Gasteiger partial charge in [0.15, 0.2) is 0 Å². The number of hydrogen-bond acceptors (Lipinski definition) is 3. The van der Waals surface area contributed by atoms with Crippen LogP contribution >= 0.6 is 0 Å². The Morgan fingerprint density at radius 3 is 2.61 bits per heavy atom. The predicted molar refractivity (Wildman–Crippen MR) is 69.8 cm³/mol. The second kappa shape index (κ2) is 6.79. The van der Waals surface area contributed by atoms with Crippen molar-refractivity contribution in [2.45, 2.75) is 26.7 Å². The highest BCUT2D eigenvalue weighted by molar-refractivity contribution is 6.35. The van der Waals surface area contributed by atoms with Gasteiger partial charge in [-0.1, -0.05) is 19.1 Å². The highest BCUT2D eigenvalue weighted by Crippen LogP contribution is 2.20. The zero-order valence-electron chi connectivity index (χ0n) is 11.1. The van der Waals surface area contributed by atoms with Crippen LogP contribution < -0.4 is 10.1 Å². The number of hydrogen-bond donors (Lipinski definition) is 1. The first-order valence-corrected chi connectivity index (χ1v) is 6.03. The monoisotopic (exact) mass is 249 g/mol. The second-order valence-electron chi connectivity index (χ2n) is 4.06. The van der Waals surface area contributed by atoms with Crippen molar-refractivity contribution in [2.75, 3.05) is 13.7 Å². The van der Waals surface area contributed by atoms with Gasteiger partial charge in [0.25, 0.3) is 5.91 Å². The first-order chi connectivity index (χ1) is 8.58. The highest BCUT2D eigenvalue weighted by atomic mass is 16.5. The molecule has 0 fully saturated rings. The van der Waals surface area contributed by atoms with Crippen molar-refractivity contribution in [1.29, 1.82) is 0 Å². The van der Waals surface area contributed by atoms with Crippen LogP contribution in [0.4, 0.5) is 0 Å². The Hall–Kier alpha value is -1.84. The molecule has 0 heterocycles. The topological polar surface area (TPSA) is 55.4 Å². The maximum atomic E-state index is 11.1. The fourth-order valence-electron chi connectivity index (χ4n) is 1.68. The van der Waals surface area contributed by atoms with Gasteiger partial charge in [-0.3, -0.25) is 9.59 Å². The van der Waals surface area contributed by atoms with E-state index in [4.69, 9.17) is 4.74 Å². The number of rotatable bonds is 6. The standard InChI is InChI=1S/C14H19NO3/c1-4-11-5-6-13(18-3)12(9-11)7-8-15-14(17)10(2)16/h5-6,9H,4,7-8H2,1-3H3,(H,15,17). The number of ketones is 1. The smallest absolute Gasteiger partial charge is 0.287 e. The molecule has 0 aromatic heterocycles. The van der Waals surface area contributed by atoms with Crippen molar-refractivity contribution >= 4 is 11.7 Å². The maximum absolute atomic E-state index is 11.1. The van der Waals surface area contributed by atoms with Crippen LogP contribution in [-0.4, -0.2) is 25.3 Å². The van der Waals surface area contributed by atoms with E-state index in [9.17, 15) is 9.59 Å². The summed E-state index contributed by atoms with van der Waals surface area (Å²) in [5.74, 6) is -0.200. The number of carbonyl (C=O) groups is 2. The van der Waals surface area contributed by atoms with Crippen molar-refractivity contribution in [1.82, 2.24) is 5.32 Å². The Morgan fingerprint density at radius 1 is 1.33 bits per heavy atom. The molecule has 1 N–H and O–H groups in total. The zero-order chi connectivity index (χ0) is 13.5. The molecule has 1 aromatic rings. The molecule has 98 valence electrons. The molecule has 0 aliphatic carbocycles. The summed E-state index contributed by atoms with van der Waals surface area (Å²) < 4.78 is 5.27. The third-order valence-electron chi connectivity index (χ3n) is 2.75. The van der Waals surface area contributed by atoms with Crippen LogP contribution in [-0.2, 0) is 22.4 Å². The van der Waals surface area contributed by atoms with Crippen molar-refractivity contribution in [2.24, 2.45) is 0 Å². The molecule has 0 atom stereocenters. The van der Waals surface area contributed by atoms with Gasteiger partial charge in [-0.2, -0.15) is 0 Å². The van der Waals surface area contributed by atoms with E-state index >= 15 is 0 Å². The van der Waals surface area contributed by atoms with Gasteiger partial charge in [0.1, 0.15) is 5.75 Å². The van der Waals surface area contributed by atoms with Crippen LogP contribution in [0.2, 0.25) is 0 Å². The molecule has 1 rings (SSSR count). The summed E-state index contributed by atoms with van der Waals surface area (Å²) >= 11 is 0. The molecule has 0 spiro atoms. The van der Waals surface area contributed by atoms with Gasteiger partial charge in [0.2, 0.25) is 5.78 Å². The van der Waals surface area contributed by atoms with E-state index in [2.05, 4.69) is 18.3 Å². The Morgan fingerprint density at radius 2 is 2.06 bits per heavy atom. The SMILES string of the molecule is CCc1ccc(OC)c(CCNC(=O)C(C)=O)c1. The van der Waals surface area contributed by atoms with Crippen molar-refractivity contribution < 1.29 is 14.3 Å². The minimum absolute atomic E-state index is 0.432. The minimum Gasteiger partial charge on any atom is -0.496 e. The largest absolute Gasteiger partial charge is 0.496 e. The van der Waals surface area contributed by atoms with Crippen LogP contribution in [0.15, 0.2) is 18.2 Å². The van der Waals surface area contributed by atoms with Crippen LogP contribution in [0.3, 0.4) is 0 Å². The summed E-state index contributed by atoms with van der Waals surface area (Å²) in [4.78, 5) is 21.9. The third kappa shape index (κ3) is 3.87. The number of amides is 1. The van der Waals surface area contributed by atoms with E-state index in [1.165, 1.54) is 12.5 Å². The molecule has 18 heavy (non-hydrogen) atoms. The average Bonchev–Trinajstić information content (AvgIpc) is 2.38. The number of Topliss-reactive ketones (excluding diaryl/α,β-unsaturated/α-hetero) is 1. The Kier molecular flexibility index (Phi) is 5.36. The van der Waals surface area contributed by atoms with Crippen LogP contribution in [0.25, 0.3) is 0 Å². The minimum atomic E-state index is -0.541. The van der Waals surface area contributed by atoms with Gasteiger partial charge < -0.3 is 10.1 Å². The Labute approximate surface area is 107 Å². The number of carbonyl (C=O) groups excluding carboxylic acids is 2. The number of aryl methyl sites for hydroxylation is 1. The summed E-state index contributed by atoms with van der Waals surface area (Å²) in [6, 6.07) is 6.02. The summed E-state index contributed by atoms with van der Waals surface area (Å²) in [7, 11) is 1.62. The Bertz CT molecular complexity index is 441. The van der Waals surface area contributed by atoms with E-state index in [1.54, 1.807) is 7.11 Å². The number of benzene rings is 1. The normalized spacial score (nSPS) is 9.94. The molecule has 0 bridgehead atoms. The molecule has 0 saturated carbocycles. The van der Waals surface area contributed by atoms with Gasteiger partial charge >= 0.3 is 0 Å². The van der Waals surface area contributed by atoms with Gasteiger partial charge in [-0.25, -0.2) is 0 Å². The second-order valence-corrected chi connectivity index (χ2v) is 4.06. The van der Waals surface area contributed by atoms with Gasteiger partial charge in [-0.05, 0) is 30.0 Å². The first kappa shape index (κ1) is 14.2. The van der Waals surface area contributed by atoms with E-state index < -0.39 is 11.7 Å². The molecule has 0 saturated heterocycles. The van der Waals surface area contributed by atoms with E-state index in [0.717, 1.165) is 17.7 Å². The number of methoxy groups -OCH3 is 1. The van der Waals surface area contributed by atoms with Gasteiger partial charge in [-0.15, -0.1) is 0 Å². The molecule has 0 aliphatic rings. The fraction of sp³-hybridized carbons (Fsp3) is 0.429. The van der Waals surface area contributed by atoms with Gasteiger partial charge in [0.05, 0.1) is 7.11 Å². The third-order valence-corrected chi connectivity index (χ3v) is 2.75. The van der Waals surface area contributed by atoms with Crippen LogP contribution in [0.5, 0.6) is 5.75 Å². The number of ether oxygens (including phenoxy) is 1. The highest BCUT2D eigenvalue weighted by Gasteiger charge is 2.08. The Balaban J connectivity index is 2.65. The molecule has 4 heteroatoms. The molecule has 0 radical (unpaired) electrons. The maximum Gasteiger partial charge on any atom is 0.287 e. The summed E-state index contributed by atoms with van der Waals surface area (Å²) in [6.07, 6.45) is 1.60. The summed E-state index contributed by atoms with van der Waals surface area (Å²) in [5.41, 5.74) is 2.27. The summed E-state index contributed by atoms with van der Waals surface area (Å²) in [6.45, 7) is 3.78. The van der Waals surface area contributed by atoms with Crippen molar-refractivity contribution in [3.05, 3.63) is 29.3 Å². The fourth-order valence-corrected chi connectivity index (χ4v) is 1.68. The van der Waals surface area contributed by atoms with Crippen molar-refractivity contribution in [3.8, 4) is 5.75 Å². The average molecular weight is 249 g/mol. The molecule has 0 aliphatic heterocycles. The lowest BCUT2D eigenvalue weighted by molar-refractivity contribution is -0.136. The molecular formula is C14H19NO3. The molecule has 4 nitrogen and oxygen atoms in total. The van der Waals surface area contributed by atoms with E-state index in [-0.39, 0.29) is 0 Å². The van der Waals surface area contributed by atoms with E-state index in [1.807, 2.05) is 12.1 Å². The molecule has 1 aromatic carbocycles. The lowest BCUT2D eigenvalue weighted by atomic mass is 10.1. The molecule has 1 amide bonds. The van der Waals surface area contributed by atoms with Crippen LogP contribution in [0.1, 0.15) is 25.0 Å². The number of nitrogens with one attached hydrogen (secondary N) is 1. The van der Waals surface area contributed by atoms with Crippen molar-refractivity contribution in [3.63, 3.8) is 0 Å². The lowest BCUT2D eigenvalue weighted by Crippen LogP contribution is -2.30. The quantitative estimate of drug-likeness (QED) is 0.777. The first-order valence-electron chi connectivity index (χ1n) is 6.03. The lowest BCUT2D eigenvalue weighted by Gasteiger charge is -2.10. The van der Waals surface area contributed by atoms with Gasteiger partial charge in [0, 0.05) is 13.5 Å². The molecule has 0 unspecified atom stereocenters. The molecular weight excluding hydrogens is 230 g/mol. The predicted octanol–water partition coefficient (Wildman–Crippen LogP) is 1.51. The van der Waals surface area contributed by atoms with E-state index in [0.29, 0.717) is 13.0 Å². The zero-order valence-corrected chi connectivity index (χ0v) is 11.1. The summed E-state index contributed by atoms with van der Waals surface area (Å²) in [5, 5.41) is 2.58.